The maximum atomic E-state index is 13.8. The third-order valence-electron chi connectivity index (χ3n) is 4.18. The average molecular weight is 263 g/mol. The van der Waals surface area contributed by atoms with Crippen molar-refractivity contribution < 1.29 is 9.13 Å². The van der Waals surface area contributed by atoms with Crippen LogP contribution in [-0.4, -0.2) is 29.3 Å². The number of para-hydroxylation sites is 1. The summed E-state index contributed by atoms with van der Waals surface area (Å²) in [5.74, 6) is 0.594. The minimum atomic E-state index is -0.279. The fourth-order valence-electron chi connectivity index (χ4n) is 2.94. The number of imidazole rings is 1. The summed E-state index contributed by atoms with van der Waals surface area (Å²) in [5, 5.41) is 0. The first-order valence-electron chi connectivity index (χ1n) is 6.57. The lowest BCUT2D eigenvalue weighted by molar-refractivity contribution is 0.0492. The first kappa shape index (κ1) is 12.6. The van der Waals surface area contributed by atoms with Gasteiger partial charge in [-0.1, -0.05) is 6.07 Å². The minimum absolute atomic E-state index is 0.196. The Balaban J connectivity index is 2.18. The van der Waals surface area contributed by atoms with Gasteiger partial charge in [-0.3, -0.25) is 0 Å². The highest BCUT2D eigenvalue weighted by Gasteiger charge is 2.37. The quantitative estimate of drug-likeness (QED) is 0.897. The molecule has 19 heavy (non-hydrogen) atoms. The lowest BCUT2D eigenvalue weighted by Gasteiger charge is -2.35. The summed E-state index contributed by atoms with van der Waals surface area (Å²) >= 11 is 0. The van der Waals surface area contributed by atoms with Gasteiger partial charge in [-0.25, -0.2) is 9.37 Å². The van der Waals surface area contributed by atoms with Gasteiger partial charge in [-0.15, -0.1) is 0 Å². The van der Waals surface area contributed by atoms with Crippen LogP contribution in [0.2, 0.25) is 0 Å². The van der Waals surface area contributed by atoms with Gasteiger partial charge in [-0.05, 0) is 25.0 Å². The number of nitrogens with zero attached hydrogens (tertiary/aromatic N) is 2. The van der Waals surface area contributed by atoms with Gasteiger partial charge >= 0.3 is 0 Å². The number of fused-ring (bicyclic) bond motifs is 1. The zero-order valence-corrected chi connectivity index (χ0v) is 11.0. The van der Waals surface area contributed by atoms with Crippen molar-refractivity contribution >= 4 is 11.0 Å². The number of hydrogen-bond acceptors (Lipinski definition) is 3. The number of halogens is 1. The Hall–Kier alpha value is -1.46. The highest BCUT2D eigenvalue weighted by molar-refractivity contribution is 5.76. The Bertz CT molecular complexity index is 602. The van der Waals surface area contributed by atoms with E-state index in [1.165, 1.54) is 6.07 Å². The number of aryl methyl sites for hydroxylation is 1. The van der Waals surface area contributed by atoms with E-state index in [1.54, 1.807) is 6.07 Å². The Morgan fingerprint density at radius 1 is 1.42 bits per heavy atom. The first-order chi connectivity index (χ1) is 9.18. The van der Waals surface area contributed by atoms with Gasteiger partial charge in [-0.2, -0.15) is 0 Å². The summed E-state index contributed by atoms with van der Waals surface area (Å²) < 4.78 is 21.2. The molecular weight excluding hydrogens is 245 g/mol. The first-order valence-corrected chi connectivity index (χ1v) is 6.57. The van der Waals surface area contributed by atoms with Gasteiger partial charge in [0, 0.05) is 32.2 Å². The monoisotopic (exact) mass is 263 g/mol. The molecule has 0 amide bonds. The maximum Gasteiger partial charge on any atom is 0.151 e. The normalized spacial score (nSPS) is 18.9. The van der Waals surface area contributed by atoms with E-state index in [9.17, 15) is 4.39 Å². The fraction of sp³-hybridized carbons (Fsp3) is 0.500. The van der Waals surface area contributed by atoms with E-state index in [4.69, 9.17) is 10.5 Å². The van der Waals surface area contributed by atoms with Crippen LogP contribution >= 0.6 is 0 Å². The molecule has 1 aromatic heterocycles. The summed E-state index contributed by atoms with van der Waals surface area (Å²) in [7, 11) is 1.93. The predicted octanol–water partition coefficient (Wildman–Crippen LogP) is 1.72. The number of ether oxygens (including phenoxy) is 1. The van der Waals surface area contributed by atoms with Crippen molar-refractivity contribution in [1.82, 2.24) is 9.55 Å². The van der Waals surface area contributed by atoms with Crippen LogP contribution in [0.15, 0.2) is 18.2 Å². The third kappa shape index (κ3) is 1.84. The molecule has 0 unspecified atom stereocenters. The van der Waals surface area contributed by atoms with Crippen molar-refractivity contribution in [3.05, 3.63) is 29.8 Å². The standard InChI is InChI=1S/C14H18FN3O/c1-18-11-4-2-3-10(15)12(11)17-13(18)14(9-16)5-7-19-8-6-14/h2-4H,5-9,16H2,1H3. The van der Waals surface area contributed by atoms with E-state index in [0.29, 0.717) is 25.3 Å². The SMILES string of the molecule is Cn1c(C2(CN)CCOCC2)nc2c(F)cccc21. The zero-order valence-electron chi connectivity index (χ0n) is 11.0. The number of benzene rings is 1. The van der Waals surface area contributed by atoms with Crippen LogP contribution in [0.25, 0.3) is 11.0 Å². The molecule has 1 fully saturated rings. The third-order valence-corrected chi connectivity index (χ3v) is 4.18. The van der Waals surface area contributed by atoms with Crippen molar-refractivity contribution in [3.63, 3.8) is 0 Å². The van der Waals surface area contributed by atoms with Gasteiger partial charge in [0.2, 0.25) is 0 Å². The van der Waals surface area contributed by atoms with Crippen molar-refractivity contribution in [1.29, 1.82) is 0 Å². The van der Waals surface area contributed by atoms with E-state index < -0.39 is 0 Å². The van der Waals surface area contributed by atoms with E-state index in [2.05, 4.69) is 4.98 Å². The summed E-state index contributed by atoms with van der Waals surface area (Å²) in [4.78, 5) is 4.53. The maximum absolute atomic E-state index is 13.8. The molecule has 5 heteroatoms. The molecule has 2 heterocycles. The summed E-state index contributed by atoms with van der Waals surface area (Å²) in [5.41, 5.74) is 7.04. The topological polar surface area (TPSA) is 53.1 Å². The van der Waals surface area contributed by atoms with Gasteiger partial charge < -0.3 is 15.0 Å². The van der Waals surface area contributed by atoms with Crippen LogP contribution in [0.5, 0.6) is 0 Å². The Kier molecular flexibility index (Phi) is 3.03. The second-order valence-corrected chi connectivity index (χ2v) is 5.20. The van der Waals surface area contributed by atoms with E-state index in [1.807, 2.05) is 17.7 Å². The van der Waals surface area contributed by atoms with Crippen LogP contribution in [0.3, 0.4) is 0 Å². The molecular formula is C14H18FN3O. The molecule has 0 atom stereocenters. The van der Waals surface area contributed by atoms with Crippen LogP contribution in [0, 0.1) is 5.82 Å². The van der Waals surface area contributed by atoms with Crippen molar-refractivity contribution in [2.75, 3.05) is 19.8 Å². The molecule has 1 aliphatic heterocycles. The highest BCUT2D eigenvalue weighted by Crippen LogP contribution is 2.35. The van der Waals surface area contributed by atoms with Crippen LogP contribution in [0.4, 0.5) is 4.39 Å². The molecule has 0 bridgehead atoms. The second-order valence-electron chi connectivity index (χ2n) is 5.20. The largest absolute Gasteiger partial charge is 0.381 e. The molecule has 1 aromatic carbocycles. The van der Waals surface area contributed by atoms with Crippen molar-refractivity contribution in [3.8, 4) is 0 Å². The molecule has 2 aromatic rings. The molecule has 1 aliphatic rings. The van der Waals surface area contributed by atoms with Crippen LogP contribution in [-0.2, 0) is 17.2 Å². The lowest BCUT2D eigenvalue weighted by Crippen LogP contribution is -2.42. The van der Waals surface area contributed by atoms with Crippen molar-refractivity contribution in [2.24, 2.45) is 12.8 Å². The molecule has 0 spiro atoms. The summed E-state index contributed by atoms with van der Waals surface area (Å²) in [6.07, 6.45) is 1.67. The summed E-state index contributed by atoms with van der Waals surface area (Å²) in [6.45, 7) is 1.88. The molecule has 102 valence electrons. The van der Waals surface area contributed by atoms with Gasteiger partial charge in [0.25, 0.3) is 0 Å². The highest BCUT2D eigenvalue weighted by atomic mass is 19.1. The number of hydrogen-bond donors (Lipinski definition) is 1. The molecule has 4 nitrogen and oxygen atoms in total. The Morgan fingerprint density at radius 2 is 2.16 bits per heavy atom. The summed E-state index contributed by atoms with van der Waals surface area (Å²) in [6, 6.07) is 5.04. The lowest BCUT2D eigenvalue weighted by atomic mass is 9.79. The zero-order chi connectivity index (χ0) is 13.5. The average Bonchev–Trinajstić information content (AvgIpc) is 2.79. The molecule has 0 aliphatic carbocycles. The van der Waals surface area contributed by atoms with Gasteiger partial charge in [0.05, 0.1) is 5.52 Å². The minimum Gasteiger partial charge on any atom is -0.381 e. The fourth-order valence-corrected chi connectivity index (χ4v) is 2.94. The van der Waals surface area contributed by atoms with Crippen LogP contribution in [0.1, 0.15) is 18.7 Å². The smallest absolute Gasteiger partial charge is 0.151 e. The van der Waals surface area contributed by atoms with Gasteiger partial charge in [0.1, 0.15) is 11.3 Å². The Morgan fingerprint density at radius 3 is 2.79 bits per heavy atom. The van der Waals surface area contributed by atoms with Gasteiger partial charge in [0.15, 0.2) is 5.82 Å². The second kappa shape index (κ2) is 4.58. The Labute approximate surface area is 111 Å². The van der Waals surface area contributed by atoms with E-state index >= 15 is 0 Å². The predicted molar refractivity (Wildman–Crippen MR) is 71.5 cm³/mol. The number of rotatable bonds is 2. The molecule has 2 N–H and O–H groups in total. The molecule has 3 rings (SSSR count). The molecule has 1 saturated heterocycles. The van der Waals surface area contributed by atoms with Crippen molar-refractivity contribution in [2.45, 2.75) is 18.3 Å². The number of nitrogens with two attached hydrogens (primary N) is 1. The molecule has 0 radical (unpaired) electrons. The number of aromatic nitrogens is 2. The van der Waals surface area contributed by atoms with Crippen LogP contribution < -0.4 is 5.73 Å². The van der Waals surface area contributed by atoms with E-state index in [-0.39, 0.29) is 11.2 Å². The van der Waals surface area contributed by atoms with E-state index in [0.717, 1.165) is 24.2 Å². The molecule has 0 saturated carbocycles.